The Kier molecular flexibility index (Phi) is 7.18. The van der Waals surface area contributed by atoms with Crippen LogP contribution in [0.25, 0.3) is 0 Å². The predicted octanol–water partition coefficient (Wildman–Crippen LogP) is 6.32. The number of amides is 1. The highest BCUT2D eigenvalue weighted by molar-refractivity contribution is 6.35. The quantitative estimate of drug-likeness (QED) is 0.409. The minimum Gasteiger partial charge on any atom is -0.381 e. The molecule has 1 heterocycles. The van der Waals surface area contributed by atoms with Crippen molar-refractivity contribution < 1.29 is 4.79 Å². The molecule has 4 rings (SSSR count). The molecule has 4 nitrogen and oxygen atoms in total. The first-order valence-electron chi connectivity index (χ1n) is 10.1. The average molecular weight is 509 g/mol. The Morgan fingerprint density at radius 3 is 2.16 bits per heavy atom. The fourth-order valence-electron chi connectivity index (χ4n) is 3.77. The first-order valence-corrected chi connectivity index (χ1v) is 11.6. The zero-order valence-electron chi connectivity index (χ0n) is 17.0. The monoisotopic (exact) mass is 507 g/mol. The summed E-state index contributed by atoms with van der Waals surface area (Å²) in [6.45, 7) is 1.64. The highest BCUT2D eigenvalue weighted by Gasteiger charge is 2.27. The lowest BCUT2D eigenvalue weighted by molar-refractivity contribution is -0.133. The third-order valence-electron chi connectivity index (χ3n) is 5.51. The van der Waals surface area contributed by atoms with E-state index in [4.69, 9.17) is 52.1 Å². The van der Waals surface area contributed by atoms with Gasteiger partial charge in [0.2, 0.25) is 5.91 Å². The smallest absolute Gasteiger partial charge is 0.240 e. The van der Waals surface area contributed by atoms with Crippen molar-refractivity contribution in [1.82, 2.24) is 4.90 Å². The molecule has 1 aliphatic rings. The SMILES string of the molecule is N[C@H](Cc1ccc(Cl)cc1Cl)C(=O)N1Cc2ccc(NCc3ccc(Cl)cc3Cl)cc2C1. The van der Waals surface area contributed by atoms with Crippen molar-refractivity contribution >= 4 is 58.0 Å². The van der Waals surface area contributed by atoms with Gasteiger partial charge < -0.3 is 16.0 Å². The summed E-state index contributed by atoms with van der Waals surface area (Å²) in [5, 5.41) is 5.68. The second kappa shape index (κ2) is 9.90. The van der Waals surface area contributed by atoms with Gasteiger partial charge in [-0.3, -0.25) is 4.79 Å². The number of nitrogens with one attached hydrogen (secondary N) is 1. The third kappa shape index (κ3) is 5.33. The Balaban J connectivity index is 1.38. The van der Waals surface area contributed by atoms with Crippen LogP contribution >= 0.6 is 46.4 Å². The van der Waals surface area contributed by atoms with Crippen LogP contribution in [-0.2, 0) is 30.8 Å². The lowest BCUT2D eigenvalue weighted by Crippen LogP contribution is -2.42. The van der Waals surface area contributed by atoms with Gasteiger partial charge >= 0.3 is 0 Å². The summed E-state index contributed by atoms with van der Waals surface area (Å²) in [7, 11) is 0. The maximum Gasteiger partial charge on any atom is 0.240 e. The molecule has 32 heavy (non-hydrogen) atoms. The zero-order valence-corrected chi connectivity index (χ0v) is 20.1. The summed E-state index contributed by atoms with van der Waals surface area (Å²) < 4.78 is 0. The molecule has 3 aromatic carbocycles. The fraction of sp³-hybridized carbons (Fsp3) is 0.208. The molecule has 0 fully saturated rings. The minimum atomic E-state index is -0.673. The number of anilines is 1. The minimum absolute atomic E-state index is 0.102. The molecule has 0 unspecified atom stereocenters. The average Bonchev–Trinajstić information content (AvgIpc) is 3.18. The van der Waals surface area contributed by atoms with E-state index in [9.17, 15) is 4.79 Å². The summed E-state index contributed by atoms with van der Waals surface area (Å²) in [6, 6.07) is 16.1. The number of halogens is 4. The maximum absolute atomic E-state index is 12.9. The van der Waals surface area contributed by atoms with Crippen LogP contribution in [-0.4, -0.2) is 16.8 Å². The number of rotatable bonds is 6. The van der Waals surface area contributed by atoms with E-state index in [0.29, 0.717) is 46.1 Å². The van der Waals surface area contributed by atoms with Crippen LogP contribution in [0.3, 0.4) is 0 Å². The highest BCUT2D eigenvalue weighted by Crippen LogP contribution is 2.28. The molecule has 0 aromatic heterocycles. The summed E-state index contributed by atoms with van der Waals surface area (Å²) in [5.74, 6) is -0.102. The van der Waals surface area contributed by atoms with E-state index >= 15 is 0 Å². The lowest BCUT2D eigenvalue weighted by atomic mass is 10.1. The van der Waals surface area contributed by atoms with Gasteiger partial charge in [-0.05, 0) is 65.1 Å². The Morgan fingerprint density at radius 1 is 0.875 bits per heavy atom. The van der Waals surface area contributed by atoms with Crippen molar-refractivity contribution in [3.63, 3.8) is 0 Å². The van der Waals surface area contributed by atoms with E-state index in [0.717, 1.165) is 27.9 Å². The summed E-state index contributed by atoms with van der Waals surface area (Å²) in [5.41, 5.74) is 11.2. The molecule has 0 saturated carbocycles. The molecule has 166 valence electrons. The molecular weight excluding hydrogens is 488 g/mol. The molecule has 1 aliphatic heterocycles. The van der Waals surface area contributed by atoms with Gasteiger partial charge in [0.15, 0.2) is 0 Å². The van der Waals surface area contributed by atoms with Crippen LogP contribution in [0.15, 0.2) is 54.6 Å². The van der Waals surface area contributed by atoms with Gasteiger partial charge in [0, 0.05) is 45.4 Å². The van der Waals surface area contributed by atoms with Gasteiger partial charge in [0.05, 0.1) is 6.04 Å². The van der Waals surface area contributed by atoms with Gasteiger partial charge in [0.1, 0.15) is 0 Å². The van der Waals surface area contributed by atoms with Crippen LogP contribution in [0.5, 0.6) is 0 Å². The Bertz CT molecular complexity index is 1170. The van der Waals surface area contributed by atoms with Crippen molar-refractivity contribution in [3.05, 3.63) is 96.9 Å². The van der Waals surface area contributed by atoms with Crippen molar-refractivity contribution in [2.75, 3.05) is 5.32 Å². The first kappa shape index (κ1) is 23.2. The van der Waals surface area contributed by atoms with E-state index in [2.05, 4.69) is 11.4 Å². The Hall–Kier alpha value is -1.95. The molecule has 0 saturated heterocycles. The van der Waals surface area contributed by atoms with Gasteiger partial charge in [-0.15, -0.1) is 0 Å². The normalized spacial score (nSPS) is 13.7. The Labute approximate surface area is 207 Å². The van der Waals surface area contributed by atoms with Crippen LogP contribution in [0.2, 0.25) is 20.1 Å². The van der Waals surface area contributed by atoms with E-state index in [1.165, 1.54) is 0 Å². The number of hydrogen-bond acceptors (Lipinski definition) is 3. The number of nitrogens with zero attached hydrogens (tertiary/aromatic N) is 1. The van der Waals surface area contributed by atoms with Gasteiger partial charge in [0.25, 0.3) is 0 Å². The predicted molar refractivity (Wildman–Crippen MR) is 133 cm³/mol. The maximum atomic E-state index is 12.9. The van der Waals surface area contributed by atoms with Crippen molar-refractivity contribution in [2.45, 2.75) is 32.1 Å². The largest absolute Gasteiger partial charge is 0.381 e. The summed E-state index contributed by atoms with van der Waals surface area (Å²) >= 11 is 24.4. The molecule has 0 aliphatic carbocycles. The second-order valence-electron chi connectivity index (χ2n) is 7.81. The number of hydrogen-bond donors (Lipinski definition) is 2. The molecule has 0 spiro atoms. The number of carbonyl (C=O) groups excluding carboxylic acids is 1. The Morgan fingerprint density at radius 2 is 1.50 bits per heavy atom. The van der Waals surface area contributed by atoms with Gasteiger partial charge in [-0.2, -0.15) is 0 Å². The summed E-state index contributed by atoms with van der Waals surface area (Å²) in [6.07, 6.45) is 0.357. The van der Waals surface area contributed by atoms with Crippen LogP contribution < -0.4 is 11.1 Å². The summed E-state index contributed by atoms with van der Waals surface area (Å²) in [4.78, 5) is 14.7. The van der Waals surface area contributed by atoms with Crippen LogP contribution in [0.1, 0.15) is 22.3 Å². The number of nitrogens with two attached hydrogens (primary N) is 1. The van der Waals surface area contributed by atoms with Crippen LogP contribution in [0, 0.1) is 0 Å². The second-order valence-corrected chi connectivity index (χ2v) is 9.50. The van der Waals surface area contributed by atoms with E-state index in [-0.39, 0.29) is 5.91 Å². The standard InChI is InChI=1S/C24H21Cl4N3O/c25-18-4-1-14(21(27)9-18)8-23(29)24(32)31-12-16-3-6-20(7-17(16)13-31)30-11-15-2-5-19(26)10-22(15)28/h1-7,9-10,23,30H,8,11-13,29H2/t23-/m1/s1. The highest BCUT2D eigenvalue weighted by atomic mass is 35.5. The van der Waals surface area contributed by atoms with Gasteiger partial charge in [-0.1, -0.05) is 64.6 Å². The van der Waals surface area contributed by atoms with Gasteiger partial charge in [-0.25, -0.2) is 0 Å². The molecule has 1 amide bonds. The van der Waals surface area contributed by atoms with E-state index < -0.39 is 6.04 Å². The lowest BCUT2D eigenvalue weighted by Gasteiger charge is -2.20. The molecule has 1 atom stereocenters. The number of carbonyl (C=O) groups is 1. The molecule has 3 aromatic rings. The zero-order chi connectivity index (χ0) is 22.8. The van der Waals surface area contributed by atoms with E-state index in [1.807, 2.05) is 24.3 Å². The van der Waals surface area contributed by atoms with Crippen molar-refractivity contribution in [2.24, 2.45) is 5.73 Å². The fourth-order valence-corrected chi connectivity index (χ4v) is 4.73. The number of benzene rings is 3. The molecule has 3 N–H and O–H groups in total. The van der Waals surface area contributed by atoms with Crippen molar-refractivity contribution in [3.8, 4) is 0 Å². The van der Waals surface area contributed by atoms with Crippen LogP contribution in [0.4, 0.5) is 5.69 Å². The molecular formula is C24H21Cl4N3O. The first-order chi connectivity index (χ1) is 15.3. The molecule has 8 heteroatoms. The number of fused-ring (bicyclic) bond motifs is 1. The van der Waals surface area contributed by atoms with Crippen molar-refractivity contribution in [1.29, 1.82) is 0 Å². The molecule has 0 bridgehead atoms. The topological polar surface area (TPSA) is 58.4 Å². The van der Waals surface area contributed by atoms with E-state index in [1.54, 1.807) is 29.2 Å². The molecule has 0 radical (unpaired) electrons. The third-order valence-corrected chi connectivity index (χ3v) is 6.68.